The molecule has 0 aliphatic carbocycles. The van der Waals surface area contributed by atoms with Gasteiger partial charge in [-0.1, -0.05) is 53.5 Å². The number of aromatic nitrogens is 1. The number of aromatic amines is 1. The number of carbonyl (C=O) groups is 1. The summed E-state index contributed by atoms with van der Waals surface area (Å²) in [7, 11) is 0. The summed E-state index contributed by atoms with van der Waals surface area (Å²) in [4.78, 5) is 26.0. The van der Waals surface area contributed by atoms with Gasteiger partial charge in [-0.2, -0.15) is 0 Å². The molecule has 2 aromatic carbocycles. The van der Waals surface area contributed by atoms with Gasteiger partial charge in [0.25, 0.3) is 5.91 Å². The summed E-state index contributed by atoms with van der Waals surface area (Å²) in [5, 5.41) is 3.46. The number of benzene rings is 2. The summed E-state index contributed by atoms with van der Waals surface area (Å²) in [6, 6.07) is 17.4. The number of anilines is 1. The van der Waals surface area contributed by atoms with Crippen LogP contribution in [0, 0.1) is 0 Å². The lowest BCUT2D eigenvalue weighted by molar-refractivity contribution is 0.102. The minimum absolute atomic E-state index is 0.00368. The number of H-pyrrole nitrogens is 1. The number of rotatable bonds is 3. The van der Waals surface area contributed by atoms with E-state index >= 15 is 0 Å². The molecular formula is C18H12Cl2N2O2. The molecule has 0 fully saturated rings. The molecule has 3 aromatic rings. The first kappa shape index (κ1) is 16.3. The van der Waals surface area contributed by atoms with Crippen LogP contribution >= 0.6 is 23.2 Å². The molecule has 6 heteroatoms. The van der Waals surface area contributed by atoms with Crippen molar-refractivity contribution in [3.63, 3.8) is 0 Å². The number of para-hydroxylation sites is 1. The summed E-state index contributed by atoms with van der Waals surface area (Å²) in [5.74, 6) is -0.405. The maximum Gasteiger partial charge on any atom is 0.258 e. The minimum Gasteiger partial charge on any atom is -0.321 e. The number of hydrogen-bond donors (Lipinski definition) is 2. The highest BCUT2D eigenvalue weighted by Crippen LogP contribution is 2.29. The molecule has 3 rings (SSSR count). The molecular weight excluding hydrogens is 347 g/mol. The predicted octanol–water partition coefficient (Wildman–Crippen LogP) is 4.60. The third-order valence-electron chi connectivity index (χ3n) is 3.45. The van der Waals surface area contributed by atoms with E-state index in [1.807, 2.05) is 30.3 Å². The summed E-state index contributed by atoms with van der Waals surface area (Å²) < 4.78 is 0. The maximum absolute atomic E-state index is 12.4. The lowest BCUT2D eigenvalue weighted by atomic mass is 10.0. The zero-order valence-corrected chi connectivity index (χ0v) is 13.9. The van der Waals surface area contributed by atoms with Gasteiger partial charge in [-0.25, -0.2) is 0 Å². The molecule has 0 bridgehead atoms. The fourth-order valence-electron chi connectivity index (χ4n) is 2.29. The largest absolute Gasteiger partial charge is 0.321 e. The van der Waals surface area contributed by atoms with Crippen LogP contribution in [0.4, 0.5) is 5.69 Å². The molecule has 2 N–H and O–H groups in total. The van der Waals surface area contributed by atoms with Crippen molar-refractivity contribution in [2.75, 3.05) is 5.32 Å². The van der Waals surface area contributed by atoms with Crippen molar-refractivity contribution < 1.29 is 4.79 Å². The normalized spacial score (nSPS) is 10.4. The second-order valence-corrected chi connectivity index (χ2v) is 5.87. The van der Waals surface area contributed by atoms with Crippen molar-refractivity contribution in [1.29, 1.82) is 0 Å². The Morgan fingerprint density at radius 3 is 2.33 bits per heavy atom. The van der Waals surface area contributed by atoms with Gasteiger partial charge in [0, 0.05) is 22.3 Å². The Labute approximate surface area is 148 Å². The van der Waals surface area contributed by atoms with Crippen LogP contribution in [0.5, 0.6) is 0 Å². The minimum atomic E-state index is -0.405. The van der Waals surface area contributed by atoms with Gasteiger partial charge in [0.2, 0.25) is 5.56 Å². The number of nitrogens with one attached hydrogen (secondary N) is 2. The van der Waals surface area contributed by atoms with Gasteiger partial charge in [-0.15, -0.1) is 0 Å². The first-order valence-electron chi connectivity index (χ1n) is 7.10. The summed E-state index contributed by atoms with van der Waals surface area (Å²) in [5.41, 5.74) is 2.23. The summed E-state index contributed by atoms with van der Waals surface area (Å²) in [6.45, 7) is 0. The Balaban J connectivity index is 1.94. The molecule has 0 radical (unpaired) electrons. The van der Waals surface area contributed by atoms with Crippen molar-refractivity contribution >= 4 is 34.8 Å². The molecule has 1 amide bonds. The SMILES string of the molecule is O=C(Nc1ccccc1-c1ccc(Cl)cc1)c1ccc(=O)[nH]c1Cl. The van der Waals surface area contributed by atoms with Crippen LogP contribution in [-0.4, -0.2) is 10.9 Å². The van der Waals surface area contributed by atoms with E-state index in [1.165, 1.54) is 12.1 Å². The van der Waals surface area contributed by atoms with Crippen molar-refractivity contribution in [2.45, 2.75) is 0 Å². The quantitative estimate of drug-likeness (QED) is 0.672. The molecule has 4 nitrogen and oxygen atoms in total. The highest BCUT2D eigenvalue weighted by Gasteiger charge is 2.13. The molecule has 0 aliphatic heterocycles. The molecule has 0 saturated heterocycles. The maximum atomic E-state index is 12.4. The lowest BCUT2D eigenvalue weighted by Gasteiger charge is -2.12. The second-order valence-electron chi connectivity index (χ2n) is 5.06. The van der Waals surface area contributed by atoms with Crippen molar-refractivity contribution in [3.05, 3.63) is 86.8 Å². The van der Waals surface area contributed by atoms with Crippen molar-refractivity contribution in [3.8, 4) is 11.1 Å². The van der Waals surface area contributed by atoms with E-state index in [4.69, 9.17) is 23.2 Å². The zero-order chi connectivity index (χ0) is 17.1. The van der Waals surface area contributed by atoms with Crippen LogP contribution in [-0.2, 0) is 0 Å². The van der Waals surface area contributed by atoms with E-state index in [0.29, 0.717) is 10.7 Å². The average Bonchev–Trinajstić information content (AvgIpc) is 2.56. The van der Waals surface area contributed by atoms with Crippen LogP contribution in [0.25, 0.3) is 11.1 Å². The molecule has 0 unspecified atom stereocenters. The topological polar surface area (TPSA) is 62.0 Å². The molecule has 1 heterocycles. The number of carbonyl (C=O) groups excluding carboxylic acids is 1. The van der Waals surface area contributed by atoms with E-state index in [-0.39, 0.29) is 16.3 Å². The zero-order valence-electron chi connectivity index (χ0n) is 12.3. The monoisotopic (exact) mass is 358 g/mol. The Morgan fingerprint density at radius 1 is 0.917 bits per heavy atom. The standard InChI is InChI=1S/C18H12Cl2N2O2/c19-12-7-5-11(6-8-12)13-3-1-2-4-15(13)21-18(24)14-9-10-16(23)22-17(14)20/h1-10H,(H,21,24)(H,22,23). The average molecular weight is 359 g/mol. The van der Waals surface area contributed by atoms with Gasteiger partial charge in [0.05, 0.1) is 5.56 Å². The Kier molecular flexibility index (Phi) is 4.69. The Bertz CT molecular complexity index is 950. The summed E-state index contributed by atoms with van der Waals surface area (Å²) in [6.07, 6.45) is 0. The fourth-order valence-corrected chi connectivity index (χ4v) is 2.66. The molecule has 0 spiro atoms. The number of halogens is 2. The van der Waals surface area contributed by atoms with E-state index in [1.54, 1.807) is 18.2 Å². The Morgan fingerprint density at radius 2 is 1.62 bits per heavy atom. The van der Waals surface area contributed by atoms with E-state index in [2.05, 4.69) is 10.3 Å². The van der Waals surface area contributed by atoms with Crippen LogP contribution in [0.2, 0.25) is 10.2 Å². The molecule has 0 saturated carbocycles. The Hall–Kier alpha value is -2.56. The highest BCUT2D eigenvalue weighted by atomic mass is 35.5. The smallest absolute Gasteiger partial charge is 0.258 e. The van der Waals surface area contributed by atoms with Crippen LogP contribution in [0.1, 0.15) is 10.4 Å². The van der Waals surface area contributed by atoms with Gasteiger partial charge in [0.1, 0.15) is 5.15 Å². The lowest BCUT2D eigenvalue weighted by Crippen LogP contribution is -2.16. The first-order valence-corrected chi connectivity index (χ1v) is 7.85. The molecule has 0 atom stereocenters. The third kappa shape index (κ3) is 3.50. The fraction of sp³-hybridized carbons (Fsp3) is 0. The molecule has 24 heavy (non-hydrogen) atoms. The van der Waals surface area contributed by atoms with Gasteiger partial charge in [-0.05, 0) is 29.8 Å². The van der Waals surface area contributed by atoms with Crippen molar-refractivity contribution in [2.24, 2.45) is 0 Å². The molecule has 1 aromatic heterocycles. The van der Waals surface area contributed by atoms with Gasteiger partial charge >= 0.3 is 0 Å². The number of hydrogen-bond acceptors (Lipinski definition) is 2. The first-order chi connectivity index (χ1) is 11.5. The van der Waals surface area contributed by atoms with E-state index in [9.17, 15) is 9.59 Å². The van der Waals surface area contributed by atoms with Gasteiger partial charge in [0.15, 0.2) is 0 Å². The van der Waals surface area contributed by atoms with Gasteiger partial charge in [-0.3, -0.25) is 9.59 Å². The van der Waals surface area contributed by atoms with Gasteiger partial charge < -0.3 is 10.3 Å². The van der Waals surface area contributed by atoms with Crippen LogP contribution < -0.4 is 10.9 Å². The van der Waals surface area contributed by atoms with E-state index < -0.39 is 5.91 Å². The molecule has 0 aliphatic rings. The van der Waals surface area contributed by atoms with E-state index in [0.717, 1.165) is 11.1 Å². The van der Waals surface area contributed by atoms with Crippen LogP contribution in [0.3, 0.4) is 0 Å². The number of amides is 1. The third-order valence-corrected chi connectivity index (χ3v) is 4.00. The van der Waals surface area contributed by atoms with Crippen molar-refractivity contribution in [1.82, 2.24) is 4.98 Å². The van der Waals surface area contributed by atoms with Crippen LogP contribution in [0.15, 0.2) is 65.5 Å². The second kappa shape index (κ2) is 6.91. The highest BCUT2D eigenvalue weighted by molar-refractivity contribution is 6.33. The molecule has 120 valence electrons. The summed E-state index contributed by atoms with van der Waals surface area (Å²) >= 11 is 11.9. The predicted molar refractivity (Wildman–Crippen MR) is 96.9 cm³/mol. The number of pyridine rings is 1.